The molecule has 0 aliphatic heterocycles. The number of hydrogen-bond acceptors (Lipinski definition) is 3. The predicted octanol–water partition coefficient (Wildman–Crippen LogP) is 2.66. The normalized spacial score (nSPS) is 19.2. The molecule has 2 fully saturated rings. The number of rotatable bonds is 5. The second kappa shape index (κ2) is 4.99. The number of sulfonamides is 1. The zero-order chi connectivity index (χ0) is 15.4. The molecule has 4 nitrogen and oxygen atoms in total. The van der Waals surface area contributed by atoms with Gasteiger partial charge in [-0.1, -0.05) is 0 Å². The first-order valence-electron chi connectivity index (χ1n) is 7.70. The van der Waals surface area contributed by atoms with Gasteiger partial charge in [0.05, 0.1) is 4.90 Å². The molecule has 2 aliphatic rings. The van der Waals surface area contributed by atoms with Gasteiger partial charge in [0.1, 0.15) is 0 Å². The molecule has 0 bridgehead atoms. The zero-order valence-corrected chi connectivity index (χ0v) is 13.8. The summed E-state index contributed by atoms with van der Waals surface area (Å²) in [7, 11) is -3.51. The SMILES string of the molecule is Cc1cc(N)c(C)c(S(=O)(=O)NC(C2CC2)C2CC2)c1C. The first-order valence-corrected chi connectivity index (χ1v) is 9.18. The molecule has 5 heteroatoms. The van der Waals surface area contributed by atoms with Gasteiger partial charge in [0, 0.05) is 11.7 Å². The first kappa shape index (κ1) is 14.9. The molecule has 21 heavy (non-hydrogen) atoms. The fourth-order valence-electron chi connectivity index (χ4n) is 3.17. The number of hydrogen-bond donors (Lipinski definition) is 2. The molecule has 0 radical (unpaired) electrons. The maximum Gasteiger partial charge on any atom is 0.241 e. The minimum atomic E-state index is -3.51. The molecule has 1 aromatic carbocycles. The van der Waals surface area contributed by atoms with E-state index in [4.69, 9.17) is 5.73 Å². The first-order chi connectivity index (χ1) is 9.81. The number of benzene rings is 1. The van der Waals surface area contributed by atoms with Crippen molar-refractivity contribution >= 4 is 15.7 Å². The van der Waals surface area contributed by atoms with Crippen LogP contribution < -0.4 is 10.5 Å². The van der Waals surface area contributed by atoms with Crippen LogP contribution in [0.1, 0.15) is 42.4 Å². The topological polar surface area (TPSA) is 72.2 Å². The van der Waals surface area contributed by atoms with E-state index in [1.807, 2.05) is 19.9 Å². The molecule has 0 heterocycles. The van der Waals surface area contributed by atoms with Crippen molar-refractivity contribution in [2.45, 2.75) is 57.4 Å². The summed E-state index contributed by atoms with van der Waals surface area (Å²) in [6.07, 6.45) is 4.60. The van der Waals surface area contributed by atoms with E-state index in [0.29, 0.717) is 28.0 Å². The summed E-state index contributed by atoms with van der Waals surface area (Å²) in [5, 5.41) is 0. The Morgan fingerprint density at radius 1 is 1.10 bits per heavy atom. The minimum absolute atomic E-state index is 0.121. The van der Waals surface area contributed by atoms with Crippen LogP contribution >= 0.6 is 0 Å². The molecule has 0 aromatic heterocycles. The lowest BCUT2D eigenvalue weighted by atomic mass is 10.1. The summed E-state index contributed by atoms with van der Waals surface area (Å²) in [4.78, 5) is 0.381. The quantitative estimate of drug-likeness (QED) is 0.821. The Kier molecular flexibility index (Phi) is 3.53. The summed E-state index contributed by atoms with van der Waals surface area (Å²) in [6, 6.07) is 1.97. The standard InChI is InChI=1S/C16H24N2O2S/c1-9-8-14(17)11(3)16(10(9)2)21(19,20)18-15(12-4-5-12)13-6-7-13/h8,12-13,15,18H,4-7,17H2,1-3H3. The molecule has 2 aliphatic carbocycles. The van der Waals surface area contributed by atoms with E-state index in [-0.39, 0.29) is 6.04 Å². The van der Waals surface area contributed by atoms with Gasteiger partial charge in [0.15, 0.2) is 0 Å². The van der Waals surface area contributed by atoms with Crippen LogP contribution in [0.25, 0.3) is 0 Å². The van der Waals surface area contributed by atoms with Crippen LogP contribution in [0.3, 0.4) is 0 Å². The maximum absolute atomic E-state index is 12.9. The number of aryl methyl sites for hydroxylation is 1. The maximum atomic E-state index is 12.9. The largest absolute Gasteiger partial charge is 0.398 e. The van der Waals surface area contributed by atoms with E-state index < -0.39 is 10.0 Å². The van der Waals surface area contributed by atoms with Crippen molar-refractivity contribution in [2.75, 3.05) is 5.73 Å². The monoisotopic (exact) mass is 308 g/mol. The zero-order valence-electron chi connectivity index (χ0n) is 12.9. The molecule has 1 aromatic rings. The van der Waals surface area contributed by atoms with Gasteiger partial charge < -0.3 is 5.73 Å². The number of nitrogens with one attached hydrogen (secondary N) is 1. The molecule has 0 amide bonds. The summed E-state index contributed by atoms with van der Waals surface area (Å²) in [5.41, 5.74) is 8.91. The Morgan fingerprint density at radius 3 is 2.10 bits per heavy atom. The van der Waals surface area contributed by atoms with E-state index >= 15 is 0 Å². The van der Waals surface area contributed by atoms with Gasteiger partial charge in [-0.25, -0.2) is 13.1 Å². The van der Waals surface area contributed by atoms with Gasteiger partial charge in [-0.15, -0.1) is 0 Å². The highest BCUT2D eigenvalue weighted by Crippen LogP contribution is 2.45. The molecule has 0 saturated heterocycles. The van der Waals surface area contributed by atoms with Gasteiger partial charge in [-0.3, -0.25) is 0 Å². The van der Waals surface area contributed by atoms with Crippen molar-refractivity contribution in [1.82, 2.24) is 4.72 Å². The van der Waals surface area contributed by atoms with Gasteiger partial charge >= 0.3 is 0 Å². The lowest BCUT2D eigenvalue weighted by Crippen LogP contribution is -2.38. The van der Waals surface area contributed by atoms with Crippen molar-refractivity contribution in [3.8, 4) is 0 Å². The molecule has 3 rings (SSSR count). The summed E-state index contributed by atoms with van der Waals surface area (Å²) >= 11 is 0. The number of nitrogen functional groups attached to an aromatic ring is 1. The van der Waals surface area contributed by atoms with Crippen LogP contribution in [-0.2, 0) is 10.0 Å². The highest BCUT2D eigenvalue weighted by atomic mass is 32.2. The van der Waals surface area contributed by atoms with Crippen molar-refractivity contribution in [3.05, 3.63) is 22.8 Å². The van der Waals surface area contributed by atoms with Crippen LogP contribution in [0, 0.1) is 32.6 Å². The Hall–Kier alpha value is -1.07. The fourth-order valence-corrected chi connectivity index (χ4v) is 5.12. The third-order valence-electron chi connectivity index (χ3n) is 4.90. The van der Waals surface area contributed by atoms with Gasteiger partial charge in [0.2, 0.25) is 10.0 Å². The van der Waals surface area contributed by atoms with Crippen LogP contribution in [-0.4, -0.2) is 14.5 Å². The van der Waals surface area contributed by atoms with Crippen molar-refractivity contribution < 1.29 is 8.42 Å². The highest BCUT2D eigenvalue weighted by Gasteiger charge is 2.43. The Bertz CT molecular complexity index is 636. The number of anilines is 1. The van der Waals surface area contributed by atoms with Crippen LogP contribution in [0.4, 0.5) is 5.69 Å². The lowest BCUT2D eigenvalue weighted by molar-refractivity contribution is 0.471. The average Bonchev–Trinajstić information content (AvgIpc) is 3.27. The lowest BCUT2D eigenvalue weighted by Gasteiger charge is -2.21. The molecule has 2 saturated carbocycles. The fraction of sp³-hybridized carbons (Fsp3) is 0.625. The molecule has 3 N–H and O–H groups in total. The van der Waals surface area contributed by atoms with Crippen molar-refractivity contribution in [2.24, 2.45) is 11.8 Å². The van der Waals surface area contributed by atoms with Crippen LogP contribution in [0.15, 0.2) is 11.0 Å². The molecule has 0 unspecified atom stereocenters. The van der Waals surface area contributed by atoms with E-state index in [0.717, 1.165) is 36.8 Å². The van der Waals surface area contributed by atoms with E-state index in [2.05, 4.69) is 4.72 Å². The smallest absolute Gasteiger partial charge is 0.241 e. The molecular formula is C16H24N2O2S. The van der Waals surface area contributed by atoms with Crippen molar-refractivity contribution in [1.29, 1.82) is 0 Å². The van der Waals surface area contributed by atoms with Crippen molar-refractivity contribution in [3.63, 3.8) is 0 Å². The third-order valence-corrected chi connectivity index (χ3v) is 6.63. The molecule has 116 valence electrons. The van der Waals surface area contributed by atoms with Gasteiger partial charge in [0.25, 0.3) is 0 Å². The van der Waals surface area contributed by atoms with Crippen LogP contribution in [0.5, 0.6) is 0 Å². The molecular weight excluding hydrogens is 284 g/mol. The highest BCUT2D eigenvalue weighted by molar-refractivity contribution is 7.89. The van der Waals surface area contributed by atoms with E-state index in [9.17, 15) is 8.42 Å². The van der Waals surface area contributed by atoms with Gasteiger partial charge in [-0.2, -0.15) is 0 Å². The third kappa shape index (κ3) is 2.81. The Balaban J connectivity index is 1.98. The second-order valence-electron chi connectivity index (χ2n) is 6.68. The molecule has 0 atom stereocenters. The Morgan fingerprint density at radius 2 is 1.62 bits per heavy atom. The summed E-state index contributed by atoms with van der Waals surface area (Å²) < 4.78 is 28.8. The number of nitrogens with two attached hydrogens (primary N) is 1. The average molecular weight is 308 g/mol. The summed E-state index contributed by atoms with van der Waals surface area (Å²) in [6.45, 7) is 5.56. The van der Waals surface area contributed by atoms with Crippen LogP contribution in [0.2, 0.25) is 0 Å². The summed E-state index contributed by atoms with van der Waals surface area (Å²) in [5.74, 6) is 1.07. The van der Waals surface area contributed by atoms with E-state index in [1.54, 1.807) is 6.92 Å². The van der Waals surface area contributed by atoms with Gasteiger partial charge in [-0.05, 0) is 81.0 Å². The predicted molar refractivity (Wildman–Crippen MR) is 84.6 cm³/mol. The second-order valence-corrected chi connectivity index (χ2v) is 8.33. The minimum Gasteiger partial charge on any atom is -0.398 e. The van der Waals surface area contributed by atoms with E-state index in [1.165, 1.54) is 0 Å². The Labute approximate surface area is 127 Å². The molecule has 0 spiro atoms.